The zero-order chi connectivity index (χ0) is 18.4. The molecular weight excluding hydrogens is 350 g/mol. The first-order valence-corrected chi connectivity index (χ1v) is 11.0. The summed E-state index contributed by atoms with van der Waals surface area (Å²) < 4.78 is 51.9. The molecule has 0 aliphatic heterocycles. The van der Waals surface area contributed by atoms with E-state index in [0.717, 1.165) is 18.4 Å². The predicted molar refractivity (Wildman–Crippen MR) is 96.0 cm³/mol. The normalized spacial score (nSPS) is 12.9. The van der Waals surface area contributed by atoms with Gasteiger partial charge in [0.25, 0.3) is 0 Å². The van der Waals surface area contributed by atoms with Crippen molar-refractivity contribution in [3.8, 4) is 0 Å². The molecule has 1 aromatic rings. The summed E-state index contributed by atoms with van der Waals surface area (Å²) in [5.74, 6) is 0. The van der Waals surface area contributed by atoms with E-state index in [4.69, 9.17) is 0 Å². The van der Waals surface area contributed by atoms with Crippen molar-refractivity contribution in [3.63, 3.8) is 0 Å². The minimum absolute atomic E-state index is 0.0330. The average Bonchev–Trinajstić information content (AvgIpc) is 2.44. The molecule has 7 nitrogen and oxygen atoms in total. The molecule has 0 unspecified atom stereocenters. The Morgan fingerprint density at radius 2 is 1.71 bits per heavy atom. The summed E-state index contributed by atoms with van der Waals surface area (Å²) in [7, 11) is -3.17. The van der Waals surface area contributed by atoms with E-state index >= 15 is 0 Å². The van der Waals surface area contributed by atoms with Gasteiger partial charge in [-0.05, 0) is 51.7 Å². The quantitative estimate of drug-likeness (QED) is 0.641. The van der Waals surface area contributed by atoms with Crippen LogP contribution in [0.3, 0.4) is 0 Å². The van der Waals surface area contributed by atoms with E-state index in [0.29, 0.717) is 13.0 Å². The predicted octanol–water partition coefficient (Wildman–Crippen LogP) is 0.487. The van der Waals surface area contributed by atoms with Gasteiger partial charge in [-0.3, -0.25) is 0 Å². The zero-order valence-corrected chi connectivity index (χ0v) is 16.3. The molecule has 138 valence electrons. The lowest BCUT2D eigenvalue weighted by Crippen LogP contribution is -2.39. The van der Waals surface area contributed by atoms with E-state index in [1.165, 1.54) is 10.4 Å². The van der Waals surface area contributed by atoms with Crippen molar-refractivity contribution in [1.29, 1.82) is 0 Å². The van der Waals surface area contributed by atoms with Gasteiger partial charge >= 0.3 is 0 Å². The summed E-state index contributed by atoms with van der Waals surface area (Å²) in [5.41, 5.74) is 0.847. The first-order valence-electron chi connectivity index (χ1n) is 7.68. The fourth-order valence-electron chi connectivity index (χ4n) is 2.18. The minimum atomic E-state index is -3.64. The number of rotatable bonds is 10. The van der Waals surface area contributed by atoms with Crippen LogP contribution in [0.15, 0.2) is 29.2 Å². The molecule has 0 aliphatic carbocycles. The molecule has 0 bridgehead atoms. The lowest BCUT2D eigenvalue weighted by atomic mass is 10.2. The first kappa shape index (κ1) is 21.0. The van der Waals surface area contributed by atoms with Crippen molar-refractivity contribution in [1.82, 2.24) is 13.9 Å². The van der Waals surface area contributed by atoms with Crippen LogP contribution >= 0.6 is 0 Å². The molecule has 0 radical (unpaired) electrons. The molecule has 9 heteroatoms. The average molecular weight is 378 g/mol. The van der Waals surface area contributed by atoms with Crippen molar-refractivity contribution in [2.75, 3.05) is 46.5 Å². The Kier molecular flexibility index (Phi) is 7.81. The number of hydrogen-bond acceptors (Lipinski definition) is 5. The number of sulfonamides is 2. The van der Waals surface area contributed by atoms with Crippen molar-refractivity contribution in [2.24, 2.45) is 0 Å². The van der Waals surface area contributed by atoms with Crippen LogP contribution in [0.5, 0.6) is 0 Å². The topological polar surface area (TPSA) is 86.8 Å². The van der Waals surface area contributed by atoms with Gasteiger partial charge in [-0.15, -0.1) is 0 Å². The van der Waals surface area contributed by atoms with Gasteiger partial charge in [-0.1, -0.05) is 12.1 Å². The molecule has 0 aromatic heterocycles. The van der Waals surface area contributed by atoms with Gasteiger partial charge < -0.3 is 4.90 Å². The lowest BCUT2D eigenvalue weighted by Gasteiger charge is -2.21. The highest BCUT2D eigenvalue weighted by Crippen LogP contribution is 2.10. The van der Waals surface area contributed by atoms with Gasteiger partial charge in [-0.25, -0.2) is 25.9 Å². The summed E-state index contributed by atoms with van der Waals surface area (Å²) in [6, 6.07) is 6.58. The second kappa shape index (κ2) is 8.91. The van der Waals surface area contributed by atoms with Gasteiger partial charge in [0.15, 0.2) is 0 Å². The second-order valence-corrected chi connectivity index (χ2v) is 9.78. The van der Waals surface area contributed by atoms with Gasteiger partial charge in [0.05, 0.1) is 11.2 Å². The largest absolute Gasteiger partial charge is 0.309 e. The van der Waals surface area contributed by atoms with Crippen molar-refractivity contribution >= 4 is 20.0 Å². The van der Waals surface area contributed by atoms with Gasteiger partial charge in [-0.2, -0.15) is 0 Å². The van der Waals surface area contributed by atoms with Crippen LogP contribution in [0.25, 0.3) is 0 Å². The van der Waals surface area contributed by atoms with E-state index in [2.05, 4.69) is 4.72 Å². The molecular formula is C15H27N3O4S2. The van der Waals surface area contributed by atoms with Crippen LogP contribution in [0.1, 0.15) is 12.0 Å². The fraction of sp³-hybridized carbons (Fsp3) is 0.600. The van der Waals surface area contributed by atoms with Gasteiger partial charge in [0.1, 0.15) is 0 Å². The molecule has 24 heavy (non-hydrogen) atoms. The molecule has 1 N–H and O–H groups in total. The number of benzene rings is 1. The van der Waals surface area contributed by atoms with E-state index in [-0.39, 0.29) is 18.0 Å². The third-order valence-electron chi connectivity index (χ3n) is 3.43. The number of nitrogens with zero attached hydrogens (tertiary/aromatic N) is 2. The van der Waals surface area contributed by atoms with Crippen LogP contribution in [0.2, 0.25) is 0 Å². The Hall–Kier alpha value is -1.00. The molecule has 0 heterocycles. The van der Waals surface area contributed by atoms with Crippen LogP contribution in [-0.2, 0) is 20.0 Å². The highest BCUT2D eigenvalue weighted by Gasteiger charge is 2.18. The summed E-state index contributed by atoms with van der Waals surface area (Å²) >= 11 is 0. The molecule has 0 spiro atoms. The Morgan fingerprint density at radius 3 is 2.25 bits per heavy atom. The number of aryl methyl sites for hydroxylation is 1. The van der Waals surface area contributed by atoms with E-state index in [1.54, 1.807) is 12.1 Å². The Labute approximate surface area is 145 Å². The summed E-state index contributed by atoms with van der Waals surface area (Å²) in [4.78, 5) is 2.15. The van der Waals surface area contributed by atoms with Crippen molar-refractivity contribution in [2.45, 2.75) is 18.2 Å². The highest BCUT2D eigenvalue weighted by molar-refractivity contribution is 7.89. The van der Waals surface area contributed by atoms with Crippen molar-refractivity contribution in [3.05, 3.63) is 29.8 Å². The zero-order valence-electron chi connectivity index (χ0n) is 14.7. The molecule has 0 atom stereocenters. The van der Waals surface area contributed by atoms with E-state index in [1.807, 2.05) is 32.0 Å². The Morgan fingerprint density at radius 1 is 1.04 bits per heavy atom. The third-order valence-corrected chi connectivity index (χ3v) is 6.20. The molecule has 0 saturated carbocycles. The van der Waals surface area contributed by atoms with Gasteiger partial charge in [0, 0.05) is 19.6 Å². The molecule has 0 fully saturated rings. The maximum absolute atomic E-state index is 12.2. The monoisotopic (exact) mass is 377 g/mol. The molecule has 0 amide bonds. The SMILES string of the molecule is Cc1cccc(S(=O)(=O)NCCN(CCCN(C)C)S(C)(=O)=O)c1. The smallest absolute Gasteiger partial charge is 0.240 e. The molecule has 1 rings (SSSR count). The maximum Gasteiger partial charge on any atom is 0.240 e. The number of hydrogen-bond donors (Lipinski definition) is 1. The van der Waals surface area contributed by atoms with Crippen LogP contribution in [-0.4, -0.2) is 72.6 Å². The summed E-state index contributed by atoms with van der Waals surface area (Å²) in [6.45, 7) is 3.09. The molecule has 0 aliphatic rings. The number of nitrogens with one attached hydrogen (secondary N) is 1. The second-order valence-electron chi connectivity index (χ2n) is 6.03. The van der Waals surface area contributed by atoms with Gasteiger partial charge in [0.2, 0.25) is 20.0 Å². The van der Waals surface area contributed by atoms with E-state index in [9.17, 15) is 16.8 Å². The minimum Gasteiger partial charge on any atom is -0.309 e. The maximum atomic E-state index is 12.2. The Balaban J connectivity index is 2.64. The lowest BCUT2D eigenvalue weighted by molar-refractivity contribution is 0.352. The van der Waals surface area contributed by atoms with Crippen LogP contribution in [0, 0.1) is 6.92 Å². The van der Waals surface area contributed by atoms with E-state index < -0.39 is 20.0 Å². The fourth-order valence-corrected chi connectivity index (χ4v) is 4.19. The standard InChI is InChI=1S/C15H27N3O4S2/c1-14-7-5-8-15(13-14)24(21,22)16-9-12-18(23(4,19)20)11-6-10-17(2)3/h5,7-8,13,16H,6,9-12H2,1-4H3. The third kappa shape index (κ3) is 7.27. The first-order chi connectivity index (χ1) is 11.0. The van der Waals surface area contributed by atoms with Crippen LogP contribution < -0.4 is 4.72 Å². The summed E-state index contributed by atoms with van der Waals surface area (Å²) in [6.07, 6.45) is 1.82. The highest BCUT2D eigenvalue weighted by atomic mass is 32.2. The molecule has 0 saturated heterocycles. The van der Waals surface area contributed by atoms with Crippen molar-refractivity contribution < 1.29 is 16.8 Å². The van der Waals surface area contributed by atoms with Crippen LogP contribution in [0.4, 0.5) is 0 Å². The summed E-state index contributed by atoms with van der Waals surface area (Å²) in [5, 5.41) is 0. The molecule has 1 aromatic carbocycles. The Bertz CT molecular complexity index is 731.